The summed E-state index contributed by atoms with van der Waals surface area (Å²) in [6.07, 6.45) is 15.9. The van der Waals surface area contributed by atoms with Crippen molar-refractivity contribution in [1.82, 2.24) is 0 Å². The van der Waals surface area contributed by atoms with E-state index in [9.17, 15) is 0 Å². The highest BCUT2D eigenvalue weighted by Crippen LogP contribution is 2.63. The molecule has 4 fully saturated rings. The molecule has 96 valence electrons. The van der Waals surface area contributed by atoms with Crippen molar-refractivity contribution in [2.45, 2.75) is 71.6 Å². The van der Waals surface area contributed by atoms with Crippen molar-refractivity contribution in [3.05, 3.63) is 11.6 Å². The van der Waals surface area contributed by atoms with Crippen LogP contribution in [0.2, 0.25) is 0 Å². The largest absolute Gasteiger partial charge is 0.0850 e. The van der Waals surface area contributed by atoms with Gasteiger partial charge in [0.15, 0.2) is 0 Å². The Balaban J connectivity index is 1.87. The first kappa shape index (κ1) is 11.8. The molecule has 4 aliphatic rings. The average molecular weight is 232 g/mol. The van der Waals surface area contributed by atoms with Gasteiger partial charge in [0, 0.05) is 0 Å². The second kappa shape index (κ2) is 4.44. The quantitative estimate of drug-likeness (QED) is 0.574. The summed E-state index contributed by atoms with van der Waals surface area (Å²) in [5, 5.41) is 0. The number of rotatable bonds is 4. The fourth-order valence-corrected chi connectivity index (χ4v) is 5.60. The normalized spacial score (nSPS) is 44.4. The van der Waals surface area contributed by atoms with Crippen LogP contribution < -0.4 is 0 Å². The highest BCUT2D eigenvalue weighted by atomic mass is 14.6. The lowest BCUT2D eigenvalue weighted by Gasteiger charge is -2.58. The maximum atomic E-state index is 2.59. The van der Waals surface area contributed by atoms with E-state index in [0.717, 1.165) is 17.8 Å². The van der Waals surface area contributed by atoms with Crippen molar-refractivity contribution in [3.8, 4) is 0 Å². The van der Waals surface area contributed by atoms with E-state index in [1.54, 1.807) is 38.5 Å². The van der Waals surface area contributed by atoms with Gasteiger partial charge in [-0.05, 0) is 74.5 Å². The summed E-state index contributed by atoms with van der Waals surface area (Å²) in [5.74, 6) is 3.29. The fourth-order valence-electron chi connectivity index (χ4n) is 5.60. The first-order chi connectivity index (χ1) is 8.25. The van der Waals surface area contributed by atoms with Crippen LogP contribution in [0.4, 0.5) is 0 Å². The van der Waals surface area contributed by atoms with Crippen molar-refractivity contribution >= 4 is 0 Å². The molecule has 0 unspecified atom stereocenters. The van der Waals surface area contributed by atoms with Crippen LogP contribution in [0, 0.1) is 23.2 Å². The van der Waals surface area contributed by atoms with Crippen LogP contribution >= 0.6 is 0 Å². The molecule has 4 saturated carbocycles. The molecule has 0 spiro atoms. The number of hydrogen-bond acceptors (Lipinski definition) is 0. The first-order valence-electron chi connectivity index (χ1n) is 7.95. The second-order valence-corrected chi connectivity index (χ2v) is 7.09. The Morgan fingerprint density at radius 2 is 1.53 bits per heavy atom. The maximum absolute atomic E-state index is 2.59. The predicted octanol–water partition coefficient (Wildman–Crippen LogP) is 5.34. The summed E-state index contributed by atoms with van der Waals surface area (Å²) in [6, 6.07) is 0. The third-order valence-electron chi connectivity index (χ3n) is 5.69. The van der Waals surface area contributed by atoms with Crippen molar-refractivity contribution < 1.29 is 0 Å². The molecule has 0 aromatic heterocycles. The molecule has 0 aromatic carbocycles. The van der Waals surface area contributed by atoms with Crippen LogP contribution in [0.15, 0.2) is 11.6 Å². The minimum absolute atomic E-state index is 0.681. The monoisotopic (exact) mass is 232 g/mol. The van der Waals surface area contributed by atoms with Gasteiger partial charge in [0.05, 0.1) is 0 Å². The van der Waals surface area contributed by atoms with E-state index in [0.29, 0.717) is 5.41 Å². The Morgan fingerprint density at radius 1 is 1.00 bits per heavy atom. The third kappa shape index (κ3) is 1.98. The summed E-state index contributed by atoms with van der Waals surface area (Å²) in [5.41, 5.74) is 2.54. The molecule has 0 nitrogen and oxygen atoms in total. The predicted molar refractivity (Wildman–Crippen MR) is 73.9 cm³/mol. The van der Waals surface area contributed by atoms with Gasteiger partial charge < -0.3 is 0 Å². The van der Waals surface area contributed by atoms with E-state index in [4.69, 9.17) is 0 Å². The first-order valence-corrected chi connectivity index (χ1v) is 7.95. The van der Waals surface area contributed by atoms with Gasteiger partial charge in [-0.1, -0.05) is 31.9 Å². The van der Waals surface area contributed by atoms with Gasteiger partial charge in [0.25, 0.3) is 0 Å². The number of hydrogen-bond donors (Lipinski definition) is 0. The number of allylic oxidation sites excluding steroid dienone is 2. The Kier molecular flexibility index (Phi) is 3.09. The summed E-state index contributed by atoms with van der Waals surface area (Å²) < 4.78 is 0. The highest BCUT2D eigenvalue weighted by Gasteiger charge is 2.51. The molecule has 0 heterocycles. The van der Waals surface area contributed by atoms with E-state index >= 15 is 0 Å². The third-order valence-corrected chi connectivity index (χ3v) is 5.69. The zero-order valence-corrected chi connectivity index (χ0v) is 11.7. The zero-order chi connectivity index (χ0) is 11.9. The van der Waals surface area contributed by atoms with Crippen LogP contribution in [-0.4, -0.2) is 0 Å². The van der Waals surface area contributed by atoms with Gasteiger partial charge >= 0.3 is 0 Å². The molecular formula is C17H28. The van der Waals surface area contributed by atoms with Crippen molar-refractivity contribution in [2.24, 2.45) is 23.2 Å². The Bertz CT molecular complexity index is 275. The minimum atomic E-state index is 0.681. The molecule has 0 heteroatoms. The van der Waals surface area contributed by atoms with Gasteiger partial charge in [0.2, 0.25) is 0 Å². The molecule has 0 atom stereocenters. The maximum Gasteiger partial charge on any atom is -0.00802 e. The van der Waals surface area contributed by atoms with E-state index in [-0.39, 0.29) is 0 Å². The van der Waals surface area contributed by atoms with Crippen molar-refractivity contribution in [1.29, 1.82) is 0 Å². The molecule has 0 aliphatic heterocycles. The Labute approximate surface area is 107 Å². The second-order valence-electron chi connectivity index (χ2n) is 7.09. The molecule has 4 bridgehead atoms. The van der Waals surface area contributed by atoms with Gasteiger partial charge in [-0.15, -0.1) is 0 Å². The molecule has 4 aliphatic carbocycles. The van der Waals surface area contributed by atoms with E-state index < -0.39 is 0 Å². The molecule has 0 aromatic rings. The summed E-state index contributed by atoms with van der Waals surface area (Å²) >= 11 is 0. The van der Waals surface area contributed by atoms with Gasteiger partial charge in [-0.25, -0.2) is 0 Å². The van der Waals surface area contributed by atoms with E-state index in [2.05, 4.69) is 19.9 Å². The lowest BCUT2D eigenvalue weighted by atomic mass is 9.47. The lowest BCUT2D eigenvalue weighted by Crippen LogP contribution is -2.46. The van der Waals surface area contributed by atoms with E-state index in [1.165, 1.54) is 19.3 Å². The standard InChI is InChI=1S/C17H28/c1-3-5-16(6-4-2)17-10-13-7-14(11-17)9-15(8-13)12-17/h5,13-15H,3-4,6-12H2,1-2H3/b16-5-. The SMILES string of the molecule is CC/C=C(/CCC)C12CC3CC(CC(C3)C1)C2. The van der Waals surface area contributed by atoms with Crippen LogP contribution in [0.3, 0.4) is 0 Å². The Morgan fingerprint density at radius 3 is 1.94 bits per heavy atom. The van der Waals surface area contributed by atoms with Gasteiger partial charge in [-0.2, -0.15) is 0 Å². The van der Waals surface area contributed by atoms with Crippen LogP contribution in [-0.2, 0) is 0 Å². The van der Waals surface area contributed by atoms with Crippen LogP contribution in [0.5, 0.6) is 0 Å². The summed E-state index contributed by atoms with van der Waals surface area (Å²) in [7, 11) is 0. The molecule has 4 rings (SSSR count). The van der Waals surface area contributed by atoms with Crippen LogP contribution in [0.25, 0.3) is 0 Å². The molecule has 0 saturated heterocycles. The highest BCUT2D eigenvalue weighted by molar-refractivity contribution is 5.20. The molecule has 0 radical (unpaired) electrons. The fraction of sp³-hybridized carbons (Fsp3) is 0.882. The summed E-state index contributed by atoms with van der Waals surface area (Å²) in [6.45, 7) is 4.67. The van der Waals surface area contributed by atoms with Crippen LogP contribution in [0.1, 0.15) is 71.6 Å². The smallest absolute Gasteiger partial charge is 0.00802 e. The summed E-state index contributed by atoms with van der Waals surface area (Å²) in [4.78, 5) is 0. The van der Waals surface area contributed by atoms with E-state index in [1.807, 2.05) is 5.57 Å². The molecule has 0 N–H and O–H groups in total. The average Bonchev–Trinajstić information content (AvgIpc) is 2.27. The van der Waals surface area contributed by atoms with Crippen molar-refractivity contribution in [3.63, 3.8) is 0 Å². The Hall–Kier alpha value is -0.260. The lowest BCUT2D eigenvalue weighted by molar-refractivity contribution is -0.0323. The molecular weight excluding hydrogens is 204 g/mol. The van der Waals surface area contributed by atoms with Gasteiger partial charge in [-0.3, -0.25) is 0 Å². The molecule has 17 heavy (non-hydrogen) atoms. The van der Waals surface area contributed by atoms with Crippen molar-refractivity contribution in [2.75, 3.05) is 0 Å². The minimum Gasteiger partial charge on any atom is -0.0850 e. The van der Waals surface area contributed by atoms with Gasteiger partial charge in [0.1, 0.15) is 0 Å². The zero-order valence-electron chi connectivity index (χ0n) is 11.7. The topological polar surface area (TPSA) is 0 Å². The molecule has 0 amide bonds.